The molecule has 1 fully saturated rings. The van der Waals surface area contributed by atoms with E-state index in [4.69, 9.17) is 19.6 Å². The molecule has 5 rings (SSSR count). The molecule has 0 unspecified atom stereocenters. The molecule has 7 nitrogen and oxygen atoms in total. The number of aromatic carboxylic acids is 1. The third-order valence-corrected chi connectivity index (χ3v) is 7.84. The molecule has 41 heavy (non-hydrogen) atoms. The van der Waals surface area contributed by atoms with Crippen LogP contribution in [0.2, 0.25) is 0 Å². The van der Waals surface area contributed by atoms with Gasteiger partial charge in [0.1, 0.15) is 18.1 Å². The highest BCUT2D eigenvalue weighted by Gasteiger charge is 2.33. The summed E-state index contributed by atoms with van der Waals surface area (Å²) < 4.78 is 11.9. The zero-order chi connectivity index (χ0) is 28.8. The summed E-state index contributed by atoms with van der Waals surface area (Å²) in [6.45, 7) is 0.662. The van der Waals surface area contributed by atoms with E-state index in [1.807, 2.05) is 78.9 Å². The van der Waals surface area contributed by atoms with Gasteiger partial charge in [0.2, 0.25) is 0 Å². The van der Waals surface area contributed by atoms with E-state index in [0.29, 0.717) is 22.4 Å². The first kappa shape index (κ1) is 28.2. The Kier molecular flexibility index (Phi) is 8.86. The average Bonchev–Trinajstić information content (AvgIpc) is 3.26. The fourth-order valence-corrected chi connectivity index (χ4v) is 5.55. The van der Waals surface area contributed by atoms with E-state index in [0.717, 1.165) is 32.6 Å². The van der Waals surface area contributed by atoms with E-state index >= 15 is 0 Å². The van der Waals surface area contributed by atoms with Gasteiger partial charge in [-0.1, -0.05) is 48.5 Å². The van der Waals surface area contributed by atoms with Crippen LogP contribution in [0.3, 0.4) is 0 Å². The highest BCUT2D eigenvalue weighted by Crippen LogP contribution is 2.36. The summed E-state index contributed by atoms with van der Waals surface area (Å²) in [5, 5.41) is 9.67. The van der Waals surface area contributed by atoms with Crippen molar-refractivity contribution in [3.63, 3.8) is 0 Å². The molecule has 0 atom stereocenters. The molecular formula is C32H25BrN2O5S. The highest BCUT2D eigenvalue weighted by atomic mass is 79.9. The van der Waals surface area contributed by atoms with Crippen molar-refractivity contribution in [3.8, 4) is 11.5 Å². The molecule has 0 spiro atoms. The van der Waals surface area contributed by atoms with Crippen LogP contribution in [0.4, 0.5) is 5.69 Å². The number of ether oxygens (including phenoxy) is 2. The molecule has 0 saturated carbocycles. The topological polar surface area (TPSA) is 88.4 Å². The molecule has 1 N–H and O–H groups in total. The number of para-hydroxylation sites is 1. The minimum atomic E-state index is -0.967. The number of nitrogens with zero attached hydrogens (tertiary/aromatic N) is 2. The van der Waals surface area contributed by atoms with Gasteiger partial charge in [-0.15, -0.1) is 0 Å². The van der Waals surface area contributed by atoms with Crippen LogP contribution in [-0.2, 0) is 17.9 Å². The summed E-state index contributed by atoms with van der Waals surface area (Å²) in [5.41, 5.74) is 3.64. The molecule has 1 amide bonds. The molecular weight excluding hydrogens is 604 g/mol. The Morgan fingerprint density at radius 2 is 1.68 bits per heavy atom. The Bertz CT molecular complexity index is 1620. The van der Waals surface area contributed by atoms with Gasteiger partial charge in [-0.25, -0.2) is 9.79 Å². The predicted octanol–water partition coefficient (Wildman–Crippen LogP) is 7.54. The Balaban J connectivity index is 1.35. The van der Waals surface area contributed by atoms with Crippen LogP contribution in [0.15, 0.2) is 111 Å². The Morgan fingerprint density at radius 1 is 0.976 bits per heavy atom. The first-order chi connectivity index (χ1) is 19.9. The third kappa shape index (κ3) is 7.06. The van der Waals surface area contributed by atoms with Gasteiger partial charge in [0.25, 0.3) is 5.91 Å². The van der Waals surface area contributed by atoms with Gasteiger partial charge >= 0.3 is 5.97 Å². The largest absolute Gasteiger partial charge is 0.497 e. The fraction of sp³-hybridized carbons (Fsp3) is 0.0938. The van der Waals surface area contributed by atoms with Gasteiger partial charge in [-0.2, -0.15) is 0 Å². The summed E-state index contributed by atoms with van der Waals surface area (Å²) in [7, 11) is 1.62. The van der Waals surface area contributed by atoms with Crippen molar-refractivity contribution in [2.75, 3.05) is 7.11 Å². The number of methoxy groups -OCH3 is 1. The summed E-state index contributed by atoms with van der Waals surface area (Å²) in [4.78, 5) is 31.6. The summed E-state index contributed by atoms with van der Waals surface area (Å²) >= 11 is 4.91. The minimum absolute atomic E-state index is 0.123. The van der Waals surface area contributed by atoms with Crippen LogP contribution < -0.4 is 9.47 Å². The lowest BCUT2D eigenvalue weighted by atomic mass is 10.1. The number of hydrogen-bond donors (Lipinski definition) is 1. The van der Waals surface area contributed by atoms with E-state index in [1.54, 1.807) is 36.3 Å². The van der Waals surface area contributed by atoms with E-state index in [-0.39, 0.29) is 18.1 Å². The van der Waals surface area contributed by atoms with Crippen molar-refractivity contribution in [1.29, 1.82) is 0 Å². The summed E-state index contributed by atoms with van der Waals surface area (Å²) in [5.74, 6) is 0.295. The number of carboxylic acids is 1. The maximum absolute atomic E-state index is 13.6. The van der Waals surface area contributed by atoms with Crippen molar-refractivity contribution < 1.29 is 24.2 Å². The average molecular weight is 630 g/mol. The third-order valence-electron chi connectivity index (χ3n) is 6.22. The van der Waals surface area contributed by atoms with Crippen LogP contribution in [0.5, 0.6) is 11.5 Å². The van der Waals surface area contributed by atoms with Crippen molar-refractivity contribution in [2.45, 2.75) is 13.2 Å². The first-order valence-electron chi connectivity index (χ1n) is 12.6. The lowest BCUT2D eigenvalue weighted by molar-refractivity contribution is -0.122. The molecule has 9 heteroatoms. The van der Waals surface area contributed by atoms with Gasteiger partial charge in [0, 0.05) is 0 Å². The molecule has 4 aromatic carbocycles. The van der Waals surface area contributed by atoms with Gasteiger partial charge < -0.3 is 14.6 Å². The molecule has 0 aliphatic carbocycles. The Labute approximate surface area is 250 Å². The number of halogens is 1. The molecule has 1 aliphatic heterocycles. The van der Waals surface area contributed by atoms with E-state index < -0.39 is 5.97 Å². The van der Waals surface area contributed by atoms with Gasteiger partial charge in [0.15, 0.2) is 5.17 Å². The van der Waals surface area contributed by atoms with Gasteiger partial charge in [-0.3, -0.25) is 9.69 Å². The molecule has 1 aliphatic rings. The normalized spacial score (nSPS) is 15.0. The lowest BCUT2D eigenvalue weighted by Gasteiger charge is -2.16. The number of amidine groups is 1. The molecule has 0 aromatic heterocycles. The summed E-state index contributed by atoms with van der Waals surface area (Å²) in [6.07, 6.45) is 1.85. The zero-order valence-electron chi connectivity index (χ0n) is 22.0. The molecule has 0 bridgehead atoms. The number of hydrogen-bond acceptors (Lipinski definition) is 6. The van der Waals surface area contributed by atoms with Crippen molar-refractivity contribution in [2.24, 2.45) is 4.99 Å². The van der Waals surface area contributed by atoms with Crippen LogP contribution in [0, 0.1) is 0 Å². The second-order valence-electron chi connectivity index (χ2n) is 9.06. The van der Waals surface area contributed by atoms with E-state index in [9.17, 15) is 9.59 Å². The maximum atomic E-state index is 13.6. The van der Waals surface area contributed by atoms with Crippen LogP contribution in [0.1, 0.15) is 27.0 Å². The number of carbonyl (C=O) groups excluding carboxylic acids is 1. The number of benzene rings is 4. The van der Waals surface area contributed by atoms with Crippen molar-refractivity contribution in [3.05, 3.63) is 129 Å². The number of thioether (sulfide) groups is 1. The fourth-order valence-electron chi connectivity index (χ4n) is 4.04. The SMILES string of the molecule is COc1ccc(CN2C(=O)/C(=C/c3ccc(OCc4ccc(C(=O)O)cc4)c(Br)c3)SC2=Nc2ccccc2)cc1. The predicted molar refractivity (Wildman–Crippen MR) is 165 cm³/mol. The van der Waals surface area contributed by atoms with Crippen LogP contribution in [0.25, 0.3) is 6.08 Å². The second kappa shape index (κ2) is 12.9. The van der Waals surface area contributed by atoms with E-state index in [1.165, 1.54) is 11.8 Å². The monoisotopic (exact) mass is 628 g/mol. The number of amides is 1. The minimum Gasteiger partial charge on any atom is -0.497 e. The summed E-state index contributed by atoms with van der Waals surface area (Å²) in [6, 6.07) is 29.4. The molecule has 4 aromatic rings. The Morgan fingerprint density at radius 3 is 2.34 bits per heavy atom. The van der Waals surface area contributed by atoms with Gasteiger partial charge in [-0.05, 0) is 99.0 Å². The van der Waals surface area contributed by atoms with E-state index in [2.05, 4.69) is 15.9 Å². The zero-order valence-corrected chi connectivity index (χ0v) is 24.4. The van der Waals surface area contributed by atoms with Crippen LogP contribution in [-0.4, -0.2) is 34.2 Å². The first-order valence-corrected chi connectivity index (χ1v) is 14.2. The standard InChI is InChI=1S/C32H25BrN2O5S/c1-39-26-14-9-21(10-15-26)19-35-30(36)29(41-32(35)34-25-5-3-2-4-6-25)18-23-11-16-28(27(33)17-23)40-20-22-7-12-24(13-8-22)31(37)38/h2-18H,19-20H2,1H3,(H,37,38)/b29-18-,34-32?. The Hall–Kier alpha value is -4.34. The molecule has 1 saturated heterocycles. The lowest BCUT2D eigenvalue weighted by Crippen LogP contribution is -2.28. The van der Waals surface area contributed by atoms with Gasteiger partial charge in [0.05, 0.1) is 34.3 Å². The number of aliphatic imine (C=N–C) groups is 1. The molecule has 206 valence electrons. The van der Waals surface area contributed by atoms with Crippen molar-refractivity contribution >= 4 is 56.5 Å². The smallest absolute Gasteiger partial charge is 0.335 e. The van der Waals surface area contributed by atoms with Crippen LogP contribution >= 0.6 is 27.7 Å². The van der Waals surface area contributed by atoms with Crippen molar-refractivity contribution in [1.82, 2.24) is 4.90 Å². The quantitative estimate of drug-likeness (QED) is 0.193. The molecule has 1 heterocycles. The number of carboxylic acid groups (broad SMARTS) is 1. The maximum Gasteiger partial charge on any atom is 0.335 e. The highest BCUT2D eigenvalue weighted by molar-refractivity contribution is 9.10. The second-order valence-corrected chi connectivity index (χ2v) is 10.9. The molecule has 0 radical (unpaired) electrons. The number of carbonyl (C=O) groups is 2. The number of rotatable bonds is 9.